The Morgan fingerprint density at radius 1 is 1.35 bits per heavy atom. The molecule has 5 heteroatoms. The average molecular weight is 289 g/mol. The molecule has 0 spiro atoms. The van der Waals surface area contributed by atoms with Gasteiger partial charge in [-0.1, -0.05) is 18.2 Å². The second-order valence-electron chi connectivity index (χ2n) is 4.97. The standard InChI is InChI=1S/C15H19N3OS/c1-10-9-13(17-20-10)15(19)16-11(2)12-7-5-6-8-14(12)18(3)4/h5-9,11H,1-4H3,(H,16,19). The summed E-state index contributed by atoms with van der Waals surface area (Å²) in [5.41, 5.74) is 2.69. The fourth-order valence-corrected chi connectivity index (χ4v) is 2.62. The Hall–Kier alpha value is -1.88. The summed E-state index contributed by atoms with van der Waals surface area (Å²) in [4.78, 5) is 15.2. The van der Waals surface area contributed by atoms with Gasteiger partial charge in [0.15, 0.2) is 0 Å². The maximum absolute atomic E-state index is 12.1. The molecule has 2 rings (SSSR count). The van der Waals surface area contributed by atoms with Crippen molar-refractivity contribution in [2.45, 2.75) is 19.9 Å². The summed E-state index contributed by atoms with van der Waals surface area (Å²) in [7, 11) is 3.99. The zero-order chi connectivity index (χ0) is 14.7. The van der Waals surface area contributed by atoms with Gasteiger partial charge < -0.3 is 10.2 Å². The lowest BCUT2D eigenvalue weighted by Crippen LogP contribution is -2.28. The molecule has 1 amide bonds. The van der Waals surface area contributed by atoms with Gasteiger partial charge in [-0.2, -0.15) is 4.37 Å². The van der Waals surface area contributed by atoms with E-state index in [0.29, 0.717) is 5.69 Å². The van der Waals surface area contributed by atoms with Crippen LogP contribution in [0.3, 0.4) is 0 Å². The Morgan fingerprint density at radius 3 is 2.65 bits per heavy atom. The SMILES string of the molecule is Cc1cc(C(=O)NC(C)c2ccccc2N(C)C)ns1. The molecule has 1 aromatic carbocycles. The lowest BCUT2D eigenvalue weighted by Gasteiger charge is -2.22. The van der Waals surface area contributed by atoms with Crippen LogP contribution in [-0.4, -0.2) is 24.4 Å². The van der Waals surface area contributed by atoms with E-state index in [-0.39, 0.29) is 11.9 Å². The van der Waals surface area contributed by atoms with Crippen LogP contribution in [0.25, 0.3) is 0 Å². The normalized spacial score (nSPS) is 12.0. The van der Waals surface area contributed by atoms with Crippen molar-refractivity contribution < 1.29 is 4.79 Å². The molecule has 0 saturated carbocycles. The smallest absolute Gasteiger partial charge is 0.271 e. The van der Waals surface area contributed by atoms with Crippen LogP contribution in [0, 0.1) is 6.92 Å². The molecular formula is C15H19N3OS. The summed E-state index contributed by atoms with van der Waals surface area (Å²) in [6, 6.07) is 9.81. The molecule has 4 nitrogen and oxygen atoms in total. The van der Waals surface area contributed by atoms with E-state index >= 15 is 0 Å². The third-order valence-corrected chi connectivity index (χ3v) is 3.79. The van der Waals surface area contributed by atoms with Crippen molar-refractivity contribution >= 4 is 23.1 Å². The molecular weight excluding hydrogens is 270 g/mol. The minimum absolute atomic E-state index is 0.0666. The number of benzene rings is 1. The molecule has 0 aliphatic carbocycles. The topological polar surface area (TPSA) is 45.2 Å². The van der Waals surface area contributed by atoms with Crippen molar-refractivity contribution in [1.82, 2.24) is 9.69 Å². The fourth-order valence-electron chi connectivity index (χ4n) is 2.08. The van der Waals surface area contributed by atoms with Crippen molar-refractivity contribution in [2.24, 2.45) is 0 Å². The average Bonchev–Trinajstić information content (AvgIpc) is 2.85. The predicted molar refractivity (Wildman–Crippen MR) is 83.5 cm³/mol. The molecule has 1 aromatic heterocycles. The number of amides is 1. The van der Waals surface area contributed by atoms with E-state index in [4.69, 9.17) is 0 Å². The van der Waals surface area contributed by atoms with Crippen LogP contribution in [0.5, 0.6) is 0 Å². The first-order chi connectivity index (χ1) is 9.49. The number of anilines is 1. The molecule has 20 heavy (non-hydrogen) atoms. The molecule has 0 bridgehead atoms. The minimum Gasteiger partial charge on any atom is -0.377 e. The van der Waals surface area contributed by atoms with E-state index in [1.54, 1.807) is 0 Å². The molecule has 0 aliphatic rings. The number of hydrogen-bond donors (Lipinski definition) is 1. The molecule has 0 fully saturated rings. The predicted octanol–water partition coefficient (Wildman–Crippen LogP) is 3.01. The second kappa shape index (κ2) is 6.05. The molecule has 1 heterocycles. The monoisotopic (exact) mass is 289 g/mol. The molecule has 1 N–H and O–H groups in total. The highest BCUT2D eigenvalue weighted by atomic mass is 32.1. The van der Waals surface area contributed by atoms with Crippen LogP contribution in [0.1, 0.15) is 33.9 Å². The summed E-state index contributed by atoms with van der Waals surface area (Å²) in [5, 5.41) is 3.00. The quantitative estimate of drug-likeness (QED) is 0.941. The van der Waals surface area contributed by atoms with E-state index in [1.165, 1.54) is 11.5 Å². The summed E-state index contributed by atoms with van der Waals surface area (Å²) >= 11 is 1.34. The summed E-state index contributed by atoms with van der Waals surface area (Å²) in [6.07, 6.45) is 0. The van der Waals surface area contributed by atoms with Crippen LogP contribution in [0.2, 0.25) is 0 Å². The van der Waals surface area contributed by atoms with Crippen LogP contribution < -0.4 is 10.2 Å². The third-order valence-electron chi connectivity index (χ3n) is 3.09. The van der Waals surface area contributed by atoms with Crippen LogP contribution in [0.15, 0.2) is 30.3 Å². The third kappa shape index (κ3) is 3.17. The number of nitrogens with zero attached hydrogens (tertiary/aromatic N) is 2. The first-order valence-electron chi connectivity index (χ1n) is 6.49. The molecule has 1 atom stereocenters. The van der Waals surface area contributed by atoms with Gasteiger partial charge in [-0.3, -0.25) is 4.79 Å². The Balaban J connectivity index is 2.16. The van der Waals surface area contributed by atoms with E-state index in [2.05, 4.69) is 9.69 Å². The van der Waals surface area contributed by atoms with Gasteiger partial charge in [-0.05, 0) is 43.1 Å². The van der Waals surface area contributed by atoms with Crippen molar-refractivity contribution in [2.75, 3.05) is 19.0 Å². The molecule has 0 radical (unpaired) electrons. The molecule has 106 valence electrons. The van der Waals surface area contributed by atoms with Gasteiger partial charge in [-0.15, -0.1) is 0 Å². The van der Waals surface area contributed by atoms with Crippen LogP contribution in [-0.2, 0) is 0 Å². The lowest BCUT2D eigenvalue weighted by molar-refractivity contribution is 0.0936. The van der Waals surface area contributed by atoms with Crippen molar-refractivity contribution in [1.29, 1.82) is 0 Å². The Kier molecular flexibility index (Phi) is 4.39. The highest BCUT2D eigenvalue weighted by molar-refractivity contribution is 7.05. The highest BCUT2D eigenvalue weighted by Crippen LogP contribution is 2.24. The minimum atomic E-state index is -0.129. The number of carbonyl (C=O) groups excluding carboxylic acids is 1. The van der Waals surface area contributed by atoms with E-state index in [0.717, 1.165) is 16.1 Å². The van der Waals surface area contributed by atoms with Crippen molar-refractivity contribution in [3.05, 3.63) is 46.5 Å². The maximum Gasteiger partial charge on any atom is 0.271 e. The summed E-state index contributed by atoms with van der Waals surface area (Å²) in [6.45, 7) is 3.93. The summed E-state index contributed by atoms with van der Waals surface area (Å²) in [5.74, 6) is -0.129. The van der Waals surface area contributed by atoms with E-state index in [9.17, 15) is 4.79 Å². The zero-order valence-electron chi connectivity index (χ0n) is 12.2. The first kappa shape index (κ1) is 14.5. The number of nitrogens with one attached hydrogen (secondary N) is 1. The molecule has 1 unspecified atom stereocenters. The van der Waals surface area contributed by atoms with Gasteiger partial charge in [0.25, 0.3) is 5.91 Å². The van der Waals surface area contributed by atoms with Crippen LogP contribution >= 0.6 is 11.5 Å². The highest BCUT2D eigenvalue weighted by Gasteiger charge is 2.16. The van der Waals surface area contributed by atoms with E-state index in [1.807, 2.05) is 63.2 Å². The van der Waals surface area contributed by atoms with Gasteiger partial charge >= 0.3 is 0 Å². The molecule has 0 saturated heterocycles. The first-order valence-corrected chi connectivity index (χ1v) is 7.27. The molecule has 2 aromatic rings. The fraction of sp³-hybridized carbons (Fsp3) is 0.333. The van der Waals surface area contributed by atoms with Gasteiger partial charge in [0.1, 0.15) is 5.69 Å². The largest absolute Gasteiger partial charge is 0.377 e. The second-order valence-corrected chi connectivity index (χ2v) is 5.98. The number of aromatic nitrogens is 1. The molecule has 0 aliphatic heterocycles. The number of aryl methyl sites for hydroxylation is 1. The number of para-hydroxylation sites is 1. The summed E-state index contributed by atoms with van der Waals surface area (Å²) < 4.78 is 4.14. The Labute approximate surface area is 123 Å². The maximum atomic E-state index is 12.1. The zero-order valence-corrected chi connectivity index (χ0v) is 13.0. The lowest BCUT2D eigenvalue weighted by atomic mass is 10.1. The Morgan fingerprint density at radius 2 is 2.05 bits per heavy atom. The van der Waals surface area contributed by atoms with Crippen molar-refractivity contribution in [3.8, 4) is 0 Å². The van der Waals surface area contributed by atoms with Crippen molar-refractivity contribution in [3.63, 3.8) is 0 Å². The Bertz CT molecular complexity index is 607. The van der Waals surface area contributed by atoms with Gasteiger partial charge in [0, 0.05) is 24.7 Å². The van der Waals surface area contributed by atoms with E-state index < -0.39 is 0 Å². The number of hydrogen-bond acceptors (Lipinski definition) is 4. The number of rotatable bonds is 4. The van der Waals surface area contributed by atoms with Gasteiger partial charge in [-0.25, -0.2) is 0 Å². The van der Waals surface area contributed by atoms with Gasteiger partial charge in [0.2, 0.25) is 0 Å². The van der Waals surface area contributed by atoms with Gasteiger partial charge in [0.05, 0.1) is 6.04 Å². The van der Waals surface area contributed by atoms with Crippen LogP contribution in [0.4, 0.5) is 5.69 Å². The number of carbonyl (C=O) groups is 1.